The largest absolute Gasteiger partial charge is 0.494 e. The molecule has 6 heteroatoms. The average molecular weight is 253 g/mol. The standard InChI is InChI=1S/C12H19N3O3/c1-8-9(16)13-11(18)15(10(8)17)7-12(14(2)3)5-4-6-12/h17H,4-7H2,1-3H3,(H,13,16,18). The number of aromatic hydroxyl groups is 1. The van der Waals surface area contributed by atoms with Crippen molar-refractivity contribution < 1.29 is 5.11 Å². The van der Waals surface area contributed by atoms with Crippen molar-refractivity contribution in [1.29, 1.82) is 0 Å². The maximum atomic E-state index is 11.8. The summed E-state index contributed by atoms with van der Waals surface area (Å²) in [5, 5.41) is 9.95. The van der Waals surface area contributed by atoms with Crippen LogP contribution in [0.3, 0.4) is 0 Å². The summed E-state index contributed by atoms with van der Waals surface area (Å²) in [6, 6.07) is 0. The van der Waals surface area contributed by atoms with E-state index < -0.39 is 11.2 Å². The summed E-state index contributed by atoms with van der Waals surface area (Å²) < 4.78 is 1.26. The maximum absolute atomic E-state index is 11.8. The first-order valence-electron chi connectivity index (χ1n) is 6.07. The molecule has 0 bridgehead atoms. The summed E-state index contributed by atoms with van der Waals surface area (Å²) >= 11 is 0. The van der Waals surface area contributed by atoms with E-state index in [0.29, 0.717) is 6.54 Å². The number of nitrogens with one attached hydrogen (secondary N) is 1. The van der Waals surface area contributed by atoms with Crippen molar-refractivity contribution in [3.63, 3.8) is 0 Å². The van der Waals surface area contributed by atoms with Crippen molar-refractivity contribution >= 4 is 0 Å². The van der Waals surface area contributed by atoms with Gasteiger partial charge in [-0.25, -0.2) is 4.79 Å². The molecular formula is C12H19N3O3. The fraction of sp³-hybridized carbons (Fsp3) is 0.667. The average Bonchev–Trinajstić information content (AvgIpc) is 2.23. The normalized spacial score (nSPS) is 17.8. The van der Waals surface area contributed by atoms with Gasteiger partial charge in [-0.1, -0.05) is 0 Å². The van der Waals surface area contributed by atoms with Crippen LogP contribution in [0.5, 0.6) is 5.88 Å². The summed E-state index contributed by atoms with van der Waals surface area (Å²) in [6.07, 6.45) is 3.10. The molecule has 1 heterocycles. The third-order valence-electron chi connectivity index (χ3n) is 4.08. The van der Waals surface area contributed by atoms with Crippen LogP contribution < -0.4 is 11.2 Å². The van der Waals surface area contributed by atoms with Gasteiger partial charge < -0.3 is 10.0 Å². The quantitative estimate of drug-likeness (QED) is 0.797. The molecule has 100 valence electrons. The number of hydrogen-bond acceptors (Lipinski definition) is 4. The van der Waals surface area contributed by atoms with Crippen LogP contribution in [0.25, 0.3) is 0 Å². The van der Waals surface area contributed by atoms with Crippen LogP contribution in [0.15, 0.2) is 9.59 Å². The lowest BCUT2D eigenvalue weighted by Crippen LogP contribution is -2.54. The van der Waals surface area contributed by atoms with E-state index in [4.69, 9.17) is 0 Å². The summed E-state index contributed by atoms with van der Waals surface area (Å²) in [6.45, 7) is 1.91. The lowest BCUT2D eigenvalue weighted by molar-refractivity contribution is 0.0386. The predicted molar refractivity (Wildman–Crippen MR) is 68.0 cm³/mol. The van der Waals surface area contributed by atoms with Crippen LogP contribution in [0, 0.1) is 6.92 Å². The highest BCUT2D eigenvalue weighted by Crippen LogP contribution is 2.37. The highest BCUT2D eigenvalue weighted by Gasteiger charge is 2.40. The zero-order valence-electron chi connectivity index (χ0n) is 11.0. The second-order valence-electron chi connectivity index (χ2n) is 5.27. The lowest BCUT2D eigenvalue weighted by Gasteiger charge is -2.47. The Morgan fingerprint density at radius 1 is 1.39 bits per heavy atom. The van der Waals surface area contributed by atoms with Crippen LogP contribution in [-0.4, -0.2) is 39.2 Å². The lowest BCUT2D eigenvalue weighted by atomic mass is 9.75. The maximum Gasteiger partial charge on any atom is 0.331 e. The monoisotopic (exact) mass is 253 g/mol. The first kappa shape index (κ1) is 12.9. The van der Waals surface area contributed by atoms with Crippen molar-refractivity contribution in [3.8, 4) is 5.88 Å². The van der Waals surface area contributed by atoms with Gasteiger partial charge in [-0.05, 0) is 40.3 Å². The minimum absolute atomic E-state index is 0.0913. The van der Waals surface area contributed by atoms with E-state index in [1.165, 1.54) is 11.5 Å². The first-order valence-corrected chi connectivity index (χ1v) is 6.07. The third kappa shape index (κ3) is 1.86. The van der Waals surface area contributed by atoms with Crippen LogP contribution in [-0.2, 0) is 6.54 Å². The summed E-state index contributed by atoms with van der Waals surface area (Å²) in [7, 11) is 3.94. The van der Waals surface area contributed by atoms with Crippen molar-refractivity contribution in [2.24, 2.45) is 0 Å². The van der Waals surface area contributed by atoms with Gasteiger partial charge in [0, 0.05) is 12.1 Å². The molecule has 0 aromatic carbocycles. The molecule has 1 fully saturated rings. The Hall–Kier alpha value is -1.56. The zero-order valence-corrected chi connectivity index (χ0v) is 11.0. The van der Waals surface area contributed by atoms with Gasteiger partial charge in [0.1, 0.15) is 0 Å². The number of likely N-dealkylation sites (N-methyl/N-ethyl adjacent to an activating group) is 1. The molecule has 0 spiro atoms. The Kier molecular flexibility index (Phi) is 3.06. The smallest absolute Gasteiger partial charge is 0.331 e. The molecule has 18 heavy (non-hydrogen) atoms. The molecule has 1 aromatic rings. The van der Waals surface area contributed by atoms with Gasteiger partial charge in [0.25, 0.3) is 5.56 Å². The van der Waals surface area contributed by atoms with Gasteiger partial charge >= 0.3 is 5.69 Å². The van der Waals surface area contributed by atoms with E-state index in [0.717, 1.165) is 19.3 Å². The Labute approximate surface area is 105 Å². The van der Waals surface area contributed by atoms with Crippen LogP contribution in [0.2, 0.25) is 0 Å². The van der Waals surface area contributed by atoms with E-state index in [1.807, 2.05) is 14.1 Å². The number of aromatic nitrogens is 2. The summed E-state index contributed by atoms with van der Waals surface area (Å²) in [4.78, 5) is 27.5. The second kappa shape index (κ2) is 4.28. The molecule has 1 saturated carbocycles. The minimum Gasteiger partial charge on any atom is -0.494 e. The van der Waals surface area contributed by atoms with Crippen LogP contribution in [0.1, 0.15) is 24.8 Å². The van der Waals surface area contributed by atoms with Gasteiger partial charge in [-0.3, -0.25) is 14.3 Å². The van der Waals surface area contributed by atoms with E-state index in [-0.39, 0.29) is 17.0 Å². The number of hydrogen-bond donors (Lipinski definition) is 2. The van der Waals surface area contributed by atoms with E-state index in [2.05, 4.69) is 9.88 Å². The van der Waals surface area contributed by atoms with Crippen LogP contribution in [0.4, 0.5) is 0 Å². The van der Waals surface area contributed by atoms with Gasteiger partial charge in [0.15, 0.2) is 0 Å². The molecule has 2 rings (SSSR count). The topological polar surface area (TPSA) is 78.3 Å². The molecule has 6 nitrogen and oxygen atoms in total. The molecule has 1 aromatic heterocycles. The fourth-order valence-electron chi connectivity index (χ4n) is 2.43. The number of nitrogens with zero attached hydrogens (tertiary/aromatic N) is 2. The third-order valence-corrected chi connectivity index (χ3v) is 4.08. The van der Waals surface area contributed by atoms with E-state index in [1.54, 1.807) is 0 Å². The van der Waals surface area contributed by atoms with Gasteiger partial charge in [0.05, 0.1) is 5.56 Å². The number of aromatic amines is 1. The van der Waals surface area contributed by atoms with E-state index >= 15 is 0 Å². The van der Waals surface area contributed by atoms with Crippen molar-refractivity contribution in [1.82, 2.24) is 14.5 Å². The van der Waals surface area contributed by atoms with E-state index in [9.17, 15) is 14.7 Å². The molecule has 0 radical (unpaired) electrons. The molecule has 2 N–H and O–H groups in total. The highest BCUT2D eigenvalue weighted by molar-refractivity contribution is 5.21. The van der Waals surface area contributed by atoms with Crippen LogP contribution >= 0.6 is 0 Å². The number of rotatable bonds is 3. The molecule has 1 aliphatic rings. The minimum atomic E-state index is -0.545. The molecule has 0 saturated heterocycles. The summed E-state index contributed by atoms with van der Waals surface area (Å²) in [5.74, 6) is -0.225. The SMILES string of the molecule is Cc1c(O)n(CC2(N(C)C)CCC2)c(=O)[nH]c1=O. The predicted octanol–water partition coefficient (Wildman–Crippen LogP) is 0.0349. The molecule has 0 atom stereocenters. The van der Waals surface area contributed by atoms with Crippen molar-refractivity contribution in [3.05, 3.63) is 26.4 Å². The molecular weight excluding hydrogens is 234 g/mol. The molecule has 0 aliphatic heterocycles. The molecule has 0 amide bonds. The van der Waals surface area contributed by atoms with Crippen molar-refractivity contribution in [2.75, 3.05) is 14.1 Å². The first-order chi connectivity index (χ1) is 8.37. The highest BCUT2D eigenvalue weighted by atomic mass is 16.3. The van der Waals surface area contributed by atoms with Gasteiger partial charge in [-0.15, -0.1) is 0 Å². The fourth-order valence-corrected chi connectivity index (χ4v) is 2.43. The summed E-state index contributed by atoms with van der Waals surface area (Å²) in [5.41, 5.74) is -0.980. The van der Waals surface area contributed by atoms with Gasteiger partial charge in [0.2, 0.25) is 5.88 Å². The molecule has 0 unspecified atom stereocenters. The second-order valence-corrected chi connectivity index (χ2v) is 5.27. The Bertz CT molecular complexity index is 567. The zero-order chi connectivity index (χ0) is 13.5. The van der Waals surface area contributed by atoms with Crippen molar-refractivity contribution in [2.45, 2.75) is 38.3 Å². The van der Waals surface area contributed by atoms with Gasteiger partial charge in [-0.2, -0.15) is 0 Å². The number of H-pyrrole nitrogens is 1. The Balaban J connectivity index is 2.44. The Morgan fingerprint density at radius 2 is 2.00 bits per heavy atom. The molecule has 1 aliphatic carbocycles. The Morgan fingerprint density at radius 3 is 2.44 bits per heavy atom.